The van der Waals surface area contributed by atoms with Gasteiger partial charge in [-0.2, -0.15) is 0 Å². The van der Waals surface area contributed by atoms with Crippen LogP contribution in [0.3, 0.4) is 0 Å². The lowest BCUT2D eigenvalue weighted by Crippen LogP contribution is -2.23. The van der Waals surface area contributed by atoms with Gasteiger partial charge in [-0.05, 0) is 43.2 Å². The molecule has 3 N–H and O–H groups in total. The lowest BCUT2D eigenvalue weighted by molar-refractivity contribution is 0.709. The fourth-order valence-electron chi connectivity index (χ4n) is 2.69. The minimum absolute atomic E-state index is 0.0278. The highest BCUT2D eigenvalue weighted by Gasteiger charge is 2.17. The number of fused-ring (bicyclic) bond motifs is 1. The summed E-state index contributed by atoms with van der Waals surface area (Å²) in [6.07, 6.45) is 6.71. The number of nitrogens with two attached hydrogens (primary N) is 1. The van der Waals surface area contributed by atoms with Gasteiger partial charge in [0.15, 0.2) is 0 Å². The van der Waals surface area contributed by atoms with Crippen LogP contribution in [-0.2, 0) is 25.8 Å². The molecule has 0 fully saturated rings. The number of aromatic amines is 1. The number of H-pyrrole nitrogens is 1. The zero-order chi connectivity index (χ0) is 11.5. The molecule has 0 aliphatic heterocycles. The first-order valence-corrected chi connectivity index (χ1v) is 6.23. The van der Waals surface area contributed by atoms with E-state index >= 15 is 0 Å². The van der Waals surface area contributed by atoms with E-state index in [2.05, 4.69) is 11.9 Å². The predicted octanol–water partition coefficient (Wildman–Crippen LogP) is 1.66. The largest absolute Gasteiger partial charge is 0.326 e. The second-order valence-electron chi connectivity index (χ2n) is 4.49. The Bertz CT molecular complexity index is 434. The molecule has 1 aliphatic carbocycles. The molecule has 88 valence electrons. The van der Waals surface area contributed by atoms with Crippen LogP contribution in [0.15, 0.2) is 4.79 Å². The van der Waals surface area contributed by atoms with E-state index < -0.39 is 0 Å². The van der Waals surface area contributed by atoms with Crippen molar-refractivity contribution in [1.29, 1.82) is 0 Å². The van der Waals surface area contributed by atoms with Crippen molar-refractivity contribution in [3.05, 3.63) is 32.7 Å². The average Bonchev–Trinajstić information content (AvgIpc) is 2.53. The van der Waals surface area contributed by atoms with Crippen molar-refractivity contribution in [1.82, 2.24) is 4.98 Å². The van der Waals surface area contributed by atoms with E-state index in [1.807, 2.05) is 0 Å². The molecular formula is C13H20N2O. The summed E-state index contributed by atoms with van der Waals surface area (Å²) in [7, 11) is 0. The molecule has 1 aromatic heterocycles. The van der Waals surface area contributed by atoms with Crippen molar-refractivity contribution in [2.75, 3.05) is 0 Å². The van der Waals surface area contributed by atoms with Gasteiger partial charge in [0.05, 0.1) is 0 Å². The average molecular weight is 220 g/mol. The van der Waals surface area contributed by atoms with Crippen LogP contribution in [-0.4, -0.2) is 4.98 Å². The Labute approximate surface area is 96.1 Å². The fraction of sp³-hybridized carbons (Fsp3) is 0.615. The summed E-state index contributed by atoms with van der Waals surface area (Å²) in [6.45, 7) is 2.46. The van der Waals surface area contributed by atoms with Crippen LogP contribution in [0, 0.1) is 0 Å². The molecule has 16 heavy (non-hydrogen) atoms. The van der Waals surface area contributed by atoms with Crippen molar-refractivity contribution >= 4 is 0 Å². The van der Waals surface area contributed by atoms with Crippen molar-refractivity contribution in [2.45, 2.75) is 52.0 Å². The summed E-state index contributed by atoms with van der Waals surface area (Å²) in [5, 5.41) is 0. The number of aryl methyl sites for hydroxylation is 1. The molecule has 0 atom stereocenters. The summed E-state index contributed by atoms with van der Waals surface area (Å²) in [5.41, 5.74) is 10.3. The van der Waals surface area contributed by atoms with E-state index in [1.165, 1.54) is 30.4 Å². The van der Waals surface area contributed by atoms with Gasteiger partial charge in [-0.25, -0.2) is 0 Å². The zero-order valence-electron chi connectivity index (χ0n) is 9.94. The molecule has 1 heterocycles. The minimum Gasteiger partial charge on any atom is -0.326 e. The third kappa shape index (κ3) is 1.92. The Kier molecular flexibility index (Phi) is 3.44. The number of aromatic nitrogens is 1. The predicted molar refractivity (Wildman–Crippen MR) is 65.6 cm³/mol. The van der Waals surface area contributed by atoms with Crippen LogP contribution < -0.4 is 11.3 Å². The molecule has 1 aliphatic rings. The lowest BCUT2D eigenvalue weighted by Gasteiger charge is -2.14. The highest BCUT2D eigenvalue weighted by atomic mass is 16.1. The van der Waals surface area contributed by atoms with Gasteiger partial charge in [-0.3, -0.25) is 4.79 Å². The van der Waals surface area contributed by atoms with Gasteiger partial charge in [0.1, 0.15) is 0 Å². The Morgan fingerprint density at radius 2 is 1.88 bits per heavy atom. The van der Waals surface area contributed by atoms with Crippen molar-refractivity contribution in [3.8, 4) is 0 Å². The van der Waals surface area contributed by atoms with Gasteiger partial charge in [-0.1, -0.05) is 13.3 Å². The van der Waals surface area contributed by atoms with Crippen LogP contribution in [0.25, 0.3) is 0 Å². The maximum atomic E-state index is 11.9. The normalized spacial score (nSPS) is 15.6. The molecule has 2 rings (SSSR count). The third-order valence-corrected chi connectivity index (χ3v) is 3.54. The number of rotatable bonds is 2. The molecule has 0 unspecified atom stereocenters. The van der Waals surface area contributed by atoms with Crippen molar-refractivity contribution in [3.63, 3.8) is 0 Å². The molecule has 0 aromatic carbocycles. The van der Waals surface area contributed by atoms with E-state index in [0.717, 1.165) is 30.5 Å². The number of pyridine rings is 1. The summed E-state index contributed by atoms with van der Waals surface area (Å²) in [6, 6.07) is 0. The molecule has 3 nitrogen and oxygen atoms in total. The van der Waals surface area contributed by atoms with E-state index in [-0.39, 0.29) is 5.56 Å². The number of hydrogen-bond donors (Lipinski definition) is 2. The second kappa shape index (κ2) is 4.83. The quantitative estimate of drug-likeness (QED) is 0.745. The van der Waals surface area contributed by atoms with Gasteiger partial charge in [0, 0.05) is 17.8 Å². The standard InChI is InChI=1S/C13H20N2O/c1-2-12-10-7-5-3-4-6-9(10)11(8-14)13(16)15-12/h2-8,14H2,1H3,(H,15,16). The Morgan fingerprint density at radius 1 is 1.19 bits per heavy atom. The summed E-state index contributed by atoms with van der Waals surface area (Å²) >= 11 is 0. The first-order chi connectivity index (χ1) is 7.77. The van der Waals surface area contributed by atoms with Crippen LogP contribution in [0.1, 0.15) is 48.6 Å². The first-order valence-electron chi connectivity index (χ1n) is 6.23. The monoisotopic (exact) mass is 220 g/mol. The van der Waals surface area contributed by atoms with Crippen LogP contribution in [0.5, 0.6) is 0 Å². The molecule has 0 radical (unpaired) electrons. The summed E-state index contributed by atoms with van der Waals surface area (Å²) in [4.78, 5) is 14.9. The molecule has 1 aromatic rings. The molecule has 0 amide bonds. The molecule has 0 bridgehead atoms. The van der Waals surface area contributed by atoms with Gasteiger partial charge in [0.2, 0.25) is 0 Å². The zero-order valence-corrected chi connectivity index (χ0v) is 9.94. The van der Waals surface area contributed by atoms with Crippen LogP contribution in [0.2, 0.25) is 0 Å². The molecular weight excluding hydrogens is 200 g/mol. The van der Waals surface area contributed by atoms with Gasteiger partial charge < -0.3 is 10.7 Å². The maximum Gasteiger partial charge on any atom is 0.252 e. The third-order valence-electron chi connectivity index (χ3n) is 3.54. The fourth-order valence-corrected chi connectivity index (χ4v) is 2.69. The van der Waals surface area contributed by atoms with Crippen molar-refractivity contribution in [2.24, 2.45) is 5.73 Å². The highest BCUT2D eigenvalue weighted by molar-refractivity contribution is 5.37. The Morgan fingerprint density at radius 3 is 2.50 bits per heavy atom. The van der Waals surface area contributed by atoms with E-state index in [4.69, 9.17) is 5.73 Å². The minimum atomic E-state index is 0.0278. The van der Waals surface area contributed by atoms with E-state index in [0.29, 0.717) is 6.54 Å². The van der Waals surface area contributed by atoms with Gasteiger partial charge >= 0.3 is 0 Å². The highest BCUT2D eigenvalue weighted by Crippen LogP contribution is 2.24. The lowest BCUT2D eigenvalue weighted by atomic mass is 9.96. The maximum absolute atomic E-state index is 11.9. The van der Waals surface area contributed by atoms with E-state index in [9.17, 15) is 4.79 Å². The van der Waals surface area contributed by atoms with Gasteiger partial charge in [0.25, 0.3) is 5.56 Å². The van der Waals surface area contributed by atoms with Crippen LogP contribution >= 0.6 is 0 Å². The molecule has 3 heteroatoms. The van der Waals surface area contributed by atoms with E-state index in [1.54, 1.807) is 0 Å². The smallest absolute Gasteiger partial charge is 0.252 e. The molecule has 0 saturated carbocycles. The Balaban J connectivity index is 2.63. The van der Waals surface area contributed by atoms with Crippen LogP contribution in [0.4, 0.5) is 0 Å². The van der Waals surface area contributed by atoms with Crippen molar-refractivity contribution < 1.29 is 0 Å². The molecule has 0 spiro atoms. The topological polar surface area (TPSA) is 58.9 Å². The Hall–Kier alpha value is -1.09. The SMILES string of the molecule is CCc1[nH]c(=O)c(CN)c2c1CCCCC2. The molecule has 0 saturated heterocycles. The van der Waals surface area contributed by atoms with Gasteiger partial charge in [-0.15, -0.1) is 0 Å². The number of hydrogen-bond acceptors (Lipinski definition) is 2. The first kappa shape index (κ1) is 11.4. The summed E-state index contributed by atoms with van der Waals surface area (Å²) in [5.74, 6) is 0. The summed E-state index contributed by atoms with van der Waals surface area (Å²) < 4.78 is 0. The second-order valence-corrected chi connectivity index (χ2v) is 4.49. The number of nitrogens with one attached hydrogen (secondary N) is 1.